The first-order valence-corrected chi connectivity index (χ1v) is 30.5. The molecule has 0 spiro atoms. The average molecular weight is 1310 g/mol. The number of fused-ring (bicyclic) bond motifs is 5. The number of carboxylic acids is 1. The minimum absolute atomic E-state index is 0.0192. The van der Waals surface area contributed by atoms with Gasteiger partial charge in [0.1, 0.15) is 53.6 Å². The molecule has 3 aliphatic carbocycles. The zero-order chi connectivity index (χ0) is 66.2. The second-order valence-electron chi connectivity index (χ2n) is 22.5. The van der Waals surface area contributed by atoms with E-state index in [1.807, 2.05) is 0 Å². The van der Waals surface area contributed by atoms with E-state index >= 15 is 27.2 Å². The van der Waals surface area contributed by atoms with Gasteiger partial charge in [-0.1, -0.05) is 51.7 Å². The van der Waals surface area contributed by atoms with Crippen molar-refractivity contribution in [1.29, 1.82) is 0 Å². The summed E-state index contributed by atoms with van der Waals surface area (Å²) in [7, 11) is -8.99. The number of benzene rings is 2. The molecule has 5 atom stereocenters. The molecular weight excluding hydrogens is 1250 g/mol. The smallest absolute Gasteiger partial charge is 0.480 e. The van der Waals surface area contributed by atoms with Crippen molar-refractivity contribution in [3.8, 4) is 23.5 Å². The molecule has 0 saturated heterocycles. The van der Waals surface area contributed by atoms with Crippen LogP contribution in [-0.4, -0.2) is 107 Å². The zero-order valence-electron chi connectivity index (χ0n) is 48.3. The van der Waals surface area contributed by atoms with Crippen molar-refractivity contribution >= 4 is 64.1 Å². The lowest BCUT2D eigenvalue weighted by Crippen LogP contribution is -2.41. The van der Waals surface area contributed by atoms with Gasteiger partial charge in [0.05, 0.1) is 54.4 Å². The number of phosphoric acid groups is 1. The number of aliphatic carboxylic acids is 1. The Hall–Kier alpha value is -8.60. The number of sulfonamides is 1. The number of amides is 3. The standard InChI is InChI=1S/C56H54F9N10O13PS/c1-25-14-29(20-38(76)66-23-42(79)80)45(37(15-25)88-89(82,83)84)54(4,5)22-41(78)75(90(7,85)86)52-43-27(3)26(2)16-36(47(43)72(6)71-52)74-51(69-50-33(53(74)81)9-11-40(68-50)87-13-12-55(61,62)63)35(19-28-17-30(57)21-31(58)18-28)67-39(77)24-73-48-44(46(70-73)49(59)60)32-8-10-34(32)56(48,64)65/h9,11,14-18,21,26-27,32,34-35,49H,12-13,19-20,22-24H2,1-7H3,(H,66,76)(H,67,77)(H,79,80)(H2,82,83,84)/t26?,27?,32-,34+,35-/m0/s1. The van der Waals surface area contributed by atoms with Crippen LogP contribution in [0.5, 0.6) is 11.6 Å². The quantitative estimate of drug-likeness (QED) is 0.0259. The first-order valence-electron chi connectivity index (χ1n) is 27.1. The second-order valence-corrected chi connectivity index (χ2v) is 25.5. The number of phosphoric ester groups is 1. The van der Waals surface area contributed by atoms with E-state index in [1.165, 1.54) is 46.0 Å². The van der Waals surface area contributed by atoms with Crippen molar-refractivity contribution < 1.29 is 95.8 Å². The Morgan fingerprint density at radius 2 is 1.64 bits per heavy atom. The number of nitrogens with zero attached hydrogens (tertiary/aromatic N) is 8. The number of ether oxygens (including phenoxy) is 1. The van der Waals surface area contributed by atoms with Crippen molar-refractivity contribution in [2.75, 3.05) is 23.7 Å². The summed E-state index contributed by atoms with van der Waals surface area (Å²) in [5.74, 6) is -13.4. The molecule has 480 valence electrons. The SMILES string of the molecule is Cc1cc(CC(=O)NCC(=O)O)c(C(C)(C)CC(=O)N(c2nn(C)c3c2C(C)C(C)C=C3n2c([C@H](Cc3cc(F)cc(F)c3)NC(=O)Cn3nc(C(F)F)c4c3C(F)(F)[C@@H]3C#C[C@H]43)nc3nc(OCCC(F)(F)F)ccc3c2=O)S(C)(=O)=O)c(OP(=O)(O)O)c1. The number of carboxylic acid groups (broad SMARTS) is 1. The van der Waals surface area contributed by atoms with E-state index in [2.05, 4.69) is 42.6 Å². The van der Waals surface area contributed by atoms with Gasteiger partial charge < -0.3 is 25.0 Å². The number of halogens is 9. The van der Waals surface area contributed by atoms with Gasteiger partial charge in [0.25, 0.3) is 12.0 Å². The van der Waals surface area contributed by atoms with Crippen LogP contribution in [0.25, 0.3) is 16.7 Å². The largest absolute Gasteiger partial charge is 0.524 e. The molecule has 23 nitrogen and oxygen atoms in total. The Morgan fingerprint density at radius 1 is 0.967 bits per heavy atom. The third-order valence-corrected chi connectivity index (χ3v) is 16.7. The van der Waals surface area contributed by atoms with Crippen LogP contribution in [0.1, 0.15) is 121 Å². The fourth-order valence-electron chi connectivity index (χ4n) is 11.5. The predicted molar refractivity (Wildman–Crippen MR) is 298 cm³/mol. The van der Waals surface area contributed by atoms with Crippen LogP contribution in [-0.2, 0) is 71.5 Å². The molecule has 4 heterocycles. The third-order valence-electron chi connectivity index (χ3n) is 15.2. The fourth-order valence-corrected chi connectivity index (χ4v) is 12.7. The summed E-state index contributed by atoms with van der Waals surface area (Å²) in [5.41, 5.74) is -6.76. The Labute approximate surface area is 504 Å². The van der Waals surface area contributed by atoms with Crippen LogP contribution in [0.4, 0.5) is 45.3 Å². The molecule has 4 aromatic heterocycles. The minimum atomic E-state index is -5.43. The van der Waals surface area contributed by atoms with E-state index in [4.69, 9.17) is 9.26 Å². The van der Waals surface area contributed by atoms with Crippen molar-refractivity contribution in [1.82, 2.24) is 44.7 Å². The monoisotopic (exact) mass is 1310 g/mol. The van der Waals surface area contributed by atoms with Gasteiger partial charge in [0.15, 0.2) is 11.5 Å². The molecule has 0 bridgehead atoms. The highest BCUT2D eigenvalue weighted by Crippen LogP contribution is 2.57. The van der Waals surface area contributed by atoms with Crippen LogP contribution in [0, 0.1) is 42.2 Å². The number of aromatic nitrogens is 7. The van der Waals surface area contributed by atoms with Gasteiger partial charge in [-0.15, -0.1) is 0 Å². The van der Waals surface area contributed by atoms with Gasteiger partial charge >= 0.3 is 25.9 Å². The van der Waals surface area contributed by atoms with Crippen molar-refractivity contribution in [2.45, 2.75) is 109 Å². The highest BCUT2D eigenvalue weighted by molar-refractivity contribution is 7.92. The van der Waals surface area contributed by atoms with E-state index in [9.17, 15) is 64.2 Å². The maximum atomic E-state index is 16.0. The van der Waals surface area contributed by atoms with Crippen LogP contribution in [0.2, 0.25) is 0 Å². The number of carbonyl (C=O) groups is 4. The molecule has 3 amide bonds. The van der Waals surface area contributed by atoms with E-state index < -0.39 is 209 Å². The number of allylic oxidation sites excluding steroid dienone is 1. The number of nitrogens with one attached hydrogen (secondary N) is 2. The van der Waals surface area contributed by atoms with Crippen molar-refractivity contribution in [3.05, 3.63) is 127 Å². The summed E-state index contributed by atoms with van der Waals surface area (Å²) in [6.07, 6.45) is -9.71. The van der Waals surface area contributed by atoms with Gasteiger partial charge in [-0.05, 0) is 59.7 Å². The maximum Gasteiger partial charge on any atom is 0.524 e. The zero-order valence-corrected chi connectivity index (χ0v) is 50.0. The molecule has 0 saturated carbocycles. The second kappa shape index (κ2) is 24.0. The molecule has 9 rings (SSSR count). The molecule has 0 radical (unpaired) electrons. The summed E-state index contributed by atoms with van der Waals surface area (Å²) < 4.78 is 185. The fraction of sp³-hybridized carbons (Fsp3) is 0.411. The van der Waals surface area contributed by atoms with Gasteiger partial charge in [-0.2, -0.15) is 41.4 Å². The molecular formula is C56H54F9N10O13PS. The Bertz CT molecular complexity index is 4290. The molecule has 3 aliphatic rings. The van der Waals surface area contributed by atoms with Crippen LogP contribution in [0.3, 0.4) is 0 Å². The van der Waals surface area contributed by atoms with Crippen LogP contribution in [0.15, 0.2) is 53.3 Å². The van der Waals surface area contributed by atoms with E-state index in [0.717, 1.165) is 33.5 Å². The maximum absolute atomic E-state index is 16.0. The van der Waals surface area contributed by atoms with E-state index in [-0.39, 0.29) is 39.2 Å². The van der Waals surface area contributed by atoms with Gasteiger partial charge in [0, 0.05) is 54.1 Å². The lowest BCUT2D eigenvalue weighted by molar-refractivity contribution is -0.140. The first kappa shape index (κ1) is 65.8. The number of aryl methyl sites for hydroxylation is 2. The lowest BCUT2D eigenvalue weighted by Gasteiger charge is -2.33. The summed E-state index contributed by atoms with van der Waals surface area (Å²) in [6, 6.07) is 4.93. The predicted octanol–water partition coefficient (Wildman–Crippen LogP) is 7.02. The average Bonchev–Trinajstić information content (AvgIpc) is 1.52. The van der Waals surface area contributed by atoms with Gasteiger partial charge in [-0.25, -0.2) is 35.5 Å². The van der Waals surface area contributed by atoms with Crippen molar-refractivity contribution in [2.24, 2.45) is 18.9 Å². The normalized spacial score (nSPS) is 17.9. The number of hydrogen-bond acceptors (Lipinski definition) is 14. The number of alkyl halides is 7. The number of rotatable bonds is 22. The summed E-state index contributed by atoms with van der Waals surface area (Å²) >= 11 is 0. The minimum Gasteiger partial charge on any atom is -0.480 e. The van der Waals surface area contributed by atoms with Crippen LogP contribution >= 0.6 is 7.82 Å². The Balaban J connectivity index is 1.21. The lowest BCUT2D eigenvalue weighted by atomic mass is 9.77. The summed E-state index contributed by atoms with van der Waals surface area (Å²) in [4.78, 5) is 98.4. The summed E-state index contributed by atoms with van der Waals surface area (Å²) in [5, 5.41) is 21.7. The van der Waals surface area contributed by atoms with E-state index in [1.54, 1.807) is 13.8 Å². The molecule has 90 heavy (non-hydrogen) atoms. The highest BCUT2D eigenvalue weighted by atomic mass is 32.2. The Kier molecular flexibility index (Phi) is 17.5. The number of carbonyl (C=O) groups excluding carboxylic acids is 3. The molecule has 5 N–H and O–H groups in total. The molecule has 0 aliphatic heterocycles. The van der Waals surface area contributed by atoms with E-state index in [0.29, 0.717) is 21.3 Å². The first-order chi connectivity index (χ1) is 41.7. The number of anilines is 1. The number of hydrogen-bond donors (Lipinski definition) is 5. The molecule has 6 aromatic rings. The van der Waals surface area contributed by atoms with Gasteiger partial charge in [-0.3, -0.25) is 47.7 Å². The third kappa shape index (κ3) is 13.3. The molecule has 34 heteroatoms. The highest BCUT2D eigenvalue weighted by Gasteiger charge is 2.61. The van der Waals surface area contributed by atoms with Gasteiger partial charge in [0.2, 0.25) is 33.6 Å². The molecule has 2 unspecified atom stereocenters. The molecule has 0 fully saturated rings. The number of pyridine rings is 1. The van der Waals surface area contributed by atoms with Crippen molar-refractivity contribution in [3.63, 3.8) is 0 Å². The summed E-state index contributed by atoms with van der Waals surface area (Å²) in [6.45, 7) is 4.34. The molecule has 2 aromatic carbocycles. The Morgan fingerprint density at radius 3 is 2.24 bits per heavy atom. The topological polar surface area (TPSA) is 309 Å². The van der Waals surface area contributed by atoms with Crippen LogP contribution < -0.4 is 29.8 Å².